The number of halogens is 1. The summed E-state index contributed by atoms with van der Waals surface area (Å²) in [6.07, 6.45) is 1.45. The Labute approximate surface area is 69.1 Å². The highest BCUT2D eigenvalue weighted by Gasteiger charge is 2.01. The first kappa shape index (κ1) is 9.20. The maximum atomic E-state index is 10.5. The molecule has 0 spiro atoms. The Balaban J connectivity index is 3.17. The van der Waals surface area contributed by atoms with E-state index in [1.165, 1.54) is 7.11 Å². The van der Waals surface area contributed by atoms with E-state index in [4.69, 9.17) is 0 Å². The van der Waals surface area contributed by atoms with Gasteiger partial charge < -0.3 is 4.74 Å². The minimum atomic E-state index is -0.112. The number of ether oxygens (including phenoxy) is 1. The molecule has 0 aromatic rings. The summed E-state index contributed by atoms with van der Waals surface area (Å²) in [5.41, 5.74) is 0. The van der Waals surface area contributed by atoms with Gasteiger partial charge in [0.2, 0.25) is 0 Å². The Kier molecular flexibility index (Phi) is 5.13. The molecule has 0 aliphatic rings. The molecule has 0 aromatic heterocycles. The van der Waals surface area contributed by atoms with Crippen molar-refractivity contribution in [3.05, 3.63) is 0 Å². The molecule has 0 amide bonds. The lowest BCUT2D eigenvalue weighted by Crippen LogP contribution is -2.02. The van der Waals surface area contributed by atoms with Crippen molar-refractivity contribution in [2.24, 2.45) is 0 Å². The van der Waals surface area contributed by atoms with Crippen LogP contribution in [-0.4, -0.2) is 17.0 Å². The normalized spacial score (nSPS) is 12.8. The summed E-state index contributed by atoms with van der Waals surface area (Å²) >= 11 is 2.28. The van der Waals surface area contributed by atoms with Crippen molar-refractivity contribution in [3.63, 3.8) is 0 Å². The molecule has 0 unspecified atom stereocenters. The van der Waals surface area contributed by atoms with Gasteiger partial charge in [0.25, 0.3) is 0 Å². The van der Waals surface area contributed by atoms with Crippen molar-refractivity contribution < 1.29 is 9.53 Å². The maximum Gasteiger partial charge on any atom is 0.305 e. The summed E-state index contributed by atoms with van der Waals surface area (Å²) in [7, 11) is 1.42. The Morgan fingerprint density at radius 3 is 2.67 bits per heavy atom. The van der Waals surface area contributed by atoms with Crippen LogP contribution in [0, 0.1) is 0 Å². The van der Waals surface area contributed by atoms with E-state index in [0.29, 0.717) is 10.3 Å². The van der Waals surface area contributed by atoms with Gasteiger partial charge in [-0.2, -0.15) is 0 Å². The van der Waals surface area contributed by atoms with E-state index in [1.54, 1.807) is 0 Å². The molecule has 0 bridgehead atoms. The number of hydrogen-bond acceptors (Lipinski definition) is 2. The topological polar surface area (TPSA) is 26.3 Å². The van der Waals surface area contributed by atoms with E-state index in [2.05, 4.69) is 34.3 Å². The summed E-state index contributed by atoms with van der Waals surface area (Å²) in [6.45, 7) is 2.07. The molecule has 0 aliphatic carbocycles. The largest absolute Gasteiger partial charge is 0.469 e. The van der Waals surface area contributed by atoms with E-state index in [1.807, 2.05) is 0 Å². The van der Waals surface area contributed by atoms with Crippen LogP contribution in [0.25, 0.3) is 0 Å². The molecule has 0 radical (unpaired) electrons. The second kappa shape index (κ2) is 5.02. The number of alkyl halides is 1. The van der Waals surface area contributed by atoms with E-state index < -0.39 is 0 Å². The summed E-state index contributed by atoms with van der Waals surface area (Å²) < 4.78 is 5.02. The zero-order valence-electron chi connectivity index (χ0n) is 5.69. The smallest absolute Gasteiger partial charge is 0.305 e. The molecule has 0 heterocycles. The second-order valence-corrected chi connectivity index (χ2v) is 4.02. The fraction of sp³-hybridized carbons (Fsp3) is 0.833. The highest BCUT2D eigenvalue weighted by atomic mass is 127. The summed E-state index contributed by atoms with van der Waals surface area (Å²) in [4.78, 5) is 10.5. The molecular weight excluding hydrogens is 231 g/mol. The summed E-state index contributed by atoms with van der Waals surface area (Å²) in [6, 6.07) is 0. The van der Waals surface area contributed by atoms with E-state index in [-0.39, 0.29) is 5.97 Å². The van der Waals surface area contributed by atoms with Gasteiger partial charge in [-0.3, -0.25) is 4.79 Å². The predicted octanol–water partition coefficient (Wildman–Crippen LogP) is 1.76. The molecular formula is C6H11IO2. The zero-order valence-corrected chi connectivity index (χ0v) is 7.84. The fourth-order valence-electron chi connectivity index (χ4n) is 0.419. The van der Waals surface area contributed by atoms with Gasteiger partial charge in [0.15, 0.2) is 0 Å². The van der Waals surface area contributed by atoms with Gasteiger partial charge in [0.1, 0.15) is 0 Å². The van der Waals surface area contributed by atoms with Crippen LogP contribution in [0.1, 0.15) is 19.8 Å². The number of hydrogen-bond donors (Lipinski definition) is 0. The summed E-state index contributed by atoms with van der Waals surface area (Å²) in [5, 5.41) is 0. The monoisotopic (exact) mass is 242 g/mol. The Morgan fingerprint density at radius 2 is 2.33 bits per heavy atom. The first-order chi connectivity index (χ1) is 4.16. The SMILES string of the molecule is COC(=O)CC[C@H](C)I. The van der Waals surface area contributed by atoms with Crippen molar-refractivity contribution in [2.45, 2.75) is 23.7 Å². The number of methoxy groups -OCH3 is 1. The quantitative estimate of drug-likeness (QED) is 0.428. The minimum absolute atomic E-state index is 0.112. The summed E-state index contributed by atoms with van der Waals surface area (Å²) in [5.74, 6) is -0.112. The predicted molar refractivity (Wildman–Crippen MR) is 44.7 cm³/mol. The van der Waals surface area contributed by atoms with Crippen molar-refractivity contribution in [1.82, 2.24) is 0 Å². The third kappa shape index (κ3) is 6.08. The number of rotatable bonds is 3. The lowest BCUT2D eigenvalue weighted by atomic mass is 10.2. The van der Waals surface area contributed by atoms with Gasteiger partial charge in [0.05, 0.1) is 7.11 Å². The average Bonchev–Trinajstić information content (AvgIpc) is 1.83. The van der Waals surface area contributed by atoms with E-state index >= 15 is 0 Å². The van der Waals surface area contributed by atoms with Gasteiger partial charge in [0, 0.05) is 10.3 Å². The van der Waals surface area contributed by atoms with Crippen molar-refractivity contribution >= 4 is 28.6 Å². The first-order valence-electron chi connectivity index (χ1n) is 2.87. The molecule has 54 valence electrons. The van der Waals surface area contributed by atoms with Crippen LogP contribution in [0.15, 0.2) is 0 Å². The molecule has 9 heavy (non-hydrogen) atoms. The van der Waals surface area contributed by atoms with Gasteiger partial charge in [-0.25, -0.2) is 0 Å². The average molecular weight is 242 g/mol. The highest BCUT2D eigenvalue weighted by Crippen LogP contribution is 2.06. The molecule has 2 nitrogen and oxygen atoms in total. The molecule has 3 heteroatoms. The van der Waals surface area contributed by atoms with E-state index in [0.717, 1.165) is 6.42 Å². The third-order valence-electron chi connectivity index (χ3n) is 0.974. The molecule has 0 N–H and O–H groups in total. The van der Waals surface area contributed by atoms with Crippen LogP contribution >= 0.6 is 22.6 Å². The van der Waals surface area contributed by atoms with Gasteiger partial charge in [-0.15, -0.1) is 0 Å². The Morgan fingerprint density at radius 1 is 1.78 bits per heavy atom. The molecule has 1 atom stereocenters. The highest BCUT2D eigenvalue weighted by molar-refractivity contribution is 14.1. The van der Waals surface area contributed by atoms with E-state index in [9.17, 15) is 4.79 Å². The Hall–Kier alpha value is 0.200. The van der Waals surface area contributed by atoms with Crippen LogP contribution in [0.3, 0.4) is 0 Å². The molecule has 0 saturated carbocycles. The number of carbonyl (C=O) groups is 1. The van der Waals surface area contributed by atoms with Crippen molar-refractivity contribution in [3.8, 4) is 0 Å². The standard InChI is InChI=1S/C6H11IO2/c1-5(7)3-4-6(8)9-2/h5H,3-4H2,1-2H3/t5-/m0/s1. The molecule has 0 saturated heterocycles. The number of carbonyl (C=O) groups excluding carboxylic acids is 1. The number of esters is 1. The molecule has 0 aliphatic heterocycles. The molecule has 0 rings (SSSR count). The Bertz CT molecular complexity index is 91.1. The maximum absolute atomic E-state index is 10.5. The van der Waals surface area contributed by atoms with Crippen LogP contribution in [0.4, 0.5) is 0 Å². The molecule has 0 fully saturated rings. The van der Waals surface area contributed by atoms with Crippen LogP contribution in [-0.2, 0) is 9.53 Å². The van der Waals surface area contributed by atoms with Crippen LogP contribution in [0.5, 0.6) is 0 Å². The molecule has 0 aromatic carbocycles. The third-order valence-corrected chi connectivity index (χ3v) is 1.60. The van der Waals surface area contributed by atoms with Crippen LogP contribution < -0.4 is 0 Å². The fourth-order valence-corrected chi connectivity index (χ4v) is 0.730. The lowest BCUT2D eigenvalue weighted by molar-refractivity contribution is -0.140. The lowest BCUT2D eigenvalue weighted by Gasteiger charge is -1.99. The van der Waals surface area contributed by atoms with Crippen LogP contribution in [0.2, 0.25) is 0 Å². The van der Waals surface area contributed by atoms with Crippen molar-refractivity contribution in [1.29, 1.82) is 0 Å². The van der Waals surface area contributed by atoms with Gasteiger partial charge in [-0.1, -0.05) is 29.5 Å². The van der Waals surface area contributed by atoms with Gasteiger partial charge in [-0.05, 0) is 6.42 Å². The minimum Gasteiger partial charge on any atom is -0.469 e. The first-order valence-corrected chi connectivity index (χ1v) is 4.12. The van der Waals surface area contributed by atoms with Gasteiger partial charge >= 0.3 is 5.97 Å². The second-order valence-electron chi connectivity index (χ2n) is 1.90. The van der Waals surface area contributed by atoms with Crippen molar-refractivity contribution in [2.75, 3.05) is 7.11 Å². The zero-order chi connectivity index (χ0) is 7.28.